The summed E-state index contributed by atoms with van der Waals surface area (Å²) in [5, 5.41) is 5.89. The first-order valence-corrected chi connectivity index (χ1v) is 7.38. The summed E-state index contributed by atoms with van der Waals surface area (Å²) in [6.07, 6.45) is 0. The Balaban J connectivity index is 0.00000264. The standard InChI is InChI=1S/C18H22N2O2.ClH/c1-13-5-4-6-17(11-13)22-16-9-7-15(8-10-16)20-18(21)14(2)12-19-3;/h4-11,14,19H,12H2,1-3H3,(H,20,21);1H. The van der Waals surface area contributed by atoms with E-state index in [0.717, 1.165) is 22.7 Å². The topological polar surface area (TPSA) is 50.4 Å². The number of hydrogen-bond donors (Lipinski definition) is 2. The second-order valence-corrected chi connectivity index (χ2v) is 5.39. The summed E-state index contributed by atoms with van der Waals surface area (Å²) in [6, 6.07) is 15.3. The molecule has 0 heterocycles. The van der Waals surface area contributed by atoms with Crippen molar-refractivity contribution in [3.63, 3.8) is 0 Å². The van der Waals surface area contributed by atoms with Gasteiger partial charge in [0.25, 0.3) is 0 Å². The molecule has 0 aliphatic carbocycles. The minimum atomic E-state index is -0.0757. The number of halogens is 1. The monoisotopic (exact) mass is 334 g/mol. The third kappa shape index (κ3) is 5.93. The zero-order valence-corrected chi connectivity index (χ0v) is 14.4. The van der Waals surface area contributed by atoms with Crippen LogP contribution in [0.15, 0.2) is 48.5 Å². The number of anilines is 1. The maximum absolute atomic E-state index is 11.9. The number of ether oxygens (including phenoxy) is 1. The molecule has 1 unspecified atom stereocenters. The summed E-state index contributed by atoms with van der Waals surface area (Å²) < 4.78 is 5.78. The average Bonchev–Trinajstić information content (AvgIpc) is 2.49. The first-order valence-electron chi connectivity index (χ1n) is 7.38. The van der Waals surface area contributed by atoms with Crippen molar-refractivity contribution in [3.8, 4) is 11.5 Å². The molecule has 0 fully saturated rings. The molecule has 5 heteroatoms. The zero-order valence-electron chi connectivity index (χ0n) is 13.6. The van der Waals surface area contributed by atoms with Gasteiger partial charge in [0.2, 0.25) is 5.91 Å². The van der Waals surface area contributed by atoms with E-state index in [9.17, 15) is 4.79 Å². The molecular formula is C18H23ClN2O2. The number of benzene rings is 2. The van der Waals surface area contributed by atoms with E-state index in [1.165, 1.54) is 0 Å². The highest BCUT2D eigenvalue weighted by molar-refractivity contribution is 5.92. The normalized spacial score (nSPS) is 11.3. The SMILES string of the molecule is CNCC(C)C(=O)Nc1ccc(Oc2cccc(C)c2)cc1.Cl. The van der Waals surface area contributed by atoms with Gasteiger partial charge in [-0.25, -0.2) is 0 Å². The molecular weight excluding hydrogens is 312 g/mol. The molecule has 0 saturated heterocycles. The Bertz CT molecular complexity index is 629. The molecule has 0 spiro atoms. The molecule has 2 aromatic rings. The summed E-state index contributed by atoms with van der Waals surface area (Å²) in [6.45, 7) is 4.57. The molecule has 0 saturated carbocycles. The van der Waals surface area contributed by atoms with Crippen LogP contribution in [0.1, 0.15) is 12.5 Å². The van der Waals surface area contributed by atoms with Crippen LogP contribution in [0.4, 0.5) is 5.69 Å². The minimum absolute atomic E-state index is 0. The van der Waals surface area contributed by atoms with Gasteiger partial charge in [-0.05, 0) is 55.9 Å². The van der Waals surface area contributed by atoms with E-state index in [0.29, 0.717) is 6.54 Å². The summed E-state index contributed by atoms with van der Waals surface area (Å²) in [5.41, 5.74) is 1.92. The number of carbonyl (C=O) groups excluding carboxylic acids is 1. The van der Waals surface area contributed by atoms with E-state index in [2.05, 4.69) is 10.6 Å². The Labute approximate surface area is 143 Å². The van der Waals surface area contributed by atoms with Crippen molar-refractivity contribution >= 4 is 24.0 Å². The molecule has 0 aromatic heterocycles. The minimum Gasteiger partial charge on any atom is -0.457 e. The van der Waals surface area contributed by atoms with Gasteiger partial charge in [-0.1, -0.05) is 19.1 Å². The van der Waals surface area contributed by atoms with Crippen molar-refractivity contribution in [1.82, 2.24) is 5.32 Å². The maximum atomic E-state index is 11.9. The predicted octanol–water partition coefficient (Wildman–Crippen LogP) is 4.00. The Morgan fingerprint density at radius 3 is 2.43 bits per heavy atom. The van der Waals surface area contributed by atoms with Crippen LogP contribution in [0, 0.1) is 12.8 Å². The quantitative estimate of drug-likeness (QED) is 0.839. The predicted molar refractivity (Wildman–Crippen MR) is 96.7 cm³/mol. The Kier molecular flexibility index (Phi) is 7.59. The van der Waals surface area contributed by atoms with Crippen LogP contribution >= 0.6 is 12.4 Å². The lowest BCUT2D eigenvalue weighted by atomic mass is 10.1. The molecule has 0 aliphatic rings. The van der Waals surface area contributed by atoms with Gasteiger partial charge in [0, 0.05) is 18.2 Å². The molecule has 23 heavy (non-hydrogen) atoms. The molecule has 2 N–H and O–H groups in total. The number of aryl methyl sites for hydroxylation is 1. The fourth-order valence-corrected chi connectivity index (χ4v) is 2.09. The van der Waals surface area contributed by atoms with E-state index in [-0.39, 0.29) is 24.2 Å². The Morgan fingerprint density at radius 1 is 1.13 bits per heavy atom. The molecule has 0 radical (unpaired) electrons. The highest BCUT2D eigenvalue weighted by Crippen LogP contribution is 2.23. The van der Waals surface area contributed by atoms with Crippen LogP contribution in [0.2, 0.25) is 0 Å². The lowest BCUT2D eigenvalue weighted by molar-refractivity contribution is -0.119. The van der Waals surface area contributed by atoms with E-state index < -0.39 is 0 Å². The fraction of sp³-hybridized carbons (Fsp3) is 0.278. The fourth-order valence-electron chi connectivity index (χ4n) is 2.09. The van der Waals surface area contributed by atoms with Crippen LogP contribution in [-0.2, 0) is 4.79 Å². The molecule has 1 atom stereocenters. The summed E-state index contributed by atoms with van der Waals surface area (Å²) >= 11 is 0. The smallest absolute Gasteiger partial charge is 0.228 e. The Morgan fingerprint density at radius 2 is 1.83 bits per heavy atom. The van der Waals surface area contributed by atoms with Gasteiger partial charge in [-0.3, -0.25) is 4.79 Å². The lowest BCUT2D eigenvalue weighted by Crippen LogP contribution is -2.28. The molecule has 0 aliphatic heterocycles. The number of nitrogens with one attached hydrogen (secondary N) is 2. The third-order valence-corrected chi connectivity index (χ3v) is 3.30. The van der Waals surface area contributed by atoms with Crippen molar-refractivity contribution in [3.05, 3.63) is 54.1 Å². The second kappa shape index (κ2) is 9.18. The van der Waals surface area contributed by atoms with Crippen molar-refractivity contribution in [2.75, 3.05) is 18.9 Å². The zero-order chi connectivity index (χ0) is 15.9. The Hall–Kier alpha value is -2.04. The summed E-state index contributed by atoms with van der Waals surface area (Å²) in [7, 11) is 1.83. The van der Waals surface area contributed by atoms with E-state index in [1.807, 2.05) is 69.4 Å². The highest BCUT2D eigenvalue weighted by Gasteiger charge is 2.11. The molecule has 2 aromatic carbocycles. The van der Waals surface area contributed by atoms with Crippen molar-refractivity contribution < 1.29 is 9.53 Å². The van der Waals surface area contributed by atoms with Crippen LogP contribution < -0.4 is 15.4 Å². The molecule has 4 nitrogen and oxygen atoms in total. The number of carbonyl (C=O) groups is 1. The molecule has 0 bridgehead atoms. The van der Waals surface area contributed by atoms with E-state index in [4.69, 9.17) is 4.74 Å². The lowest BCUT2D eigenvalue weighted by Gasteiger charge is -2.12. The van der Waals surface area contributed by atoms with E-state index in [1.54, 1.807) is 0 Å². The highest BCUT2D eigenvalue weighted by atomic mass is 35.5. The van der Waals surface area contributed by atoms with Crippen LogP contribution in [-0.4, -0.2) is 19.5 Å². The van der Waals surface area contributed by atoms with Gasteiger partial charge >= 0.3 is 0 Å². The van der Waals surface area contributed by atoms with Gasteiger partial charge in [0.15, 0.2) is 0 Å². The summed E-state index contributed by atoms with van der Waals surface area (Å²) in [5.74, 6) is 1.47. The van der Waals surface area contributed by atoms with Crippen LogP contribution in [0.3, 0.4) is 0 Å². The van der Waals surface area contributed by atoms with Crippen LogP contribution in [0.25, 0.3) is 0 Å². The van der Waals surface area contributed by atoms with Gasteiger partial charge in [0.1, 0.15) is 11.5 Å². The van der Waals surface area contributed by atoms with Crippen molar-refractivity contribution in [2.45, 2.75) is 13.8 Å². The van der Waals surface area contributed by atoms with Gasteiger partial charge in [0.05, 0.1) is 0 Å². The first kappa shape index (κ1) is 19.0. The van der Waals surface area contributed by atoms with Crippen molar-refractivity contribution in [2.24, 2.45) is 5.92 Å². The number of rotatable bonds is 6. The second-order valence-electron chi connectivity index (χ2n) is 5.39. The third-order valence-electron chi connectivity index (χ3n) is 3.30. The number of hydrogen-bond acceptors (Lipinski definition) is 3. The van der Waals surface area contributed by atoms with Crippen molar-refractivity contribution in [1.29, 1.82) is 0 Å². The number of amides is 1. The molecule has 2 rings (SSSR count). The maximum Gasteiger partial charge on any atom is 0.228 e. The van der Waals surface area contributed by atoms with Gasteiger partial charge in [-0.15, -0.1) is 12.4 Å². The largest absolute Gasteiger partial charge is 0.457 e. The average molecular weight is 335 g/mol. The molecule has 124 valence electrons. The van der Waals surface area contributed by atoms with Gasteiger partial charge < -0.3 is 15.4 Å². The van der Waals surface area contributed by atoms with Gasteiger partial charge in [-0.2, -0.15) is 0 Å². The first-order chi connectivity index (χ1) is 10.6. The summed E-state index contributed by atoms with van der Waals surface area (Å²) in [4.78, 5) is 11.9. The van der Waals surface area contributed by atoms with E-state index >= 15 is 0 Å². The molecule has 1 amide bonds. The van der Waals surface area contributed by atoms with Crippen LogP contribution in [0.5, 0.6) is 11.5 Å².